The number of hydrogen-bond donors (Lipinski definition) is 2. The average Bonchev–Trinajstić information content (AvgIpc) is 3.16. The summed E-state index contributed by atoms with van der Waals surface area (Å²) in [7, 11) is 0. The van der Waals surface area contributed by atoms with Gasteiger partial charge >= 0.3 is 0 Å². The third-order valence-corrected chi connectivity index (χ3v) is 5.93. The second-order valence-electron chi connectivity index (χ2n) is 6.77. The van der Waals surface area contributed by atoms with E-state index in [1.54, 1.807) is 0 Å². The van der Waals surface area contributed by atoms with Gasteiger partial charge in [0.2, 0.25) is 5.91 Å². The van der Waals surface area contributed by atoms with Crippen LogP contribution in [0.1, 0.15) is 22.5 Å². The monoisotopic (exact) mass is 365 g/mol. The number of nitrogens with two attached hydrogens (primary N) is 1. The van der Waals surface area contributed by atoms with Crippen molar-refractivity contribution < 1.29 is 19.3 Å². The Balaban J connectivity index is 1.47. The standard InChI is InChI=1S/C17H24N4O3S/c18-16(23)13-3-1-5-19(11-13)12-15(22)20-6-8-21(9-7-20)17(24)14-4-2-10-25-14/h2,4,10,13H,1,3,5-9,11-12H2,(H2,18,23)/p+1/t13-/m0/s1. The molecule has 1 aromatic rings. The predicted molar refractivity (Wildman–Crippen MR) is 94.3 cm³/mol. The summed E-state index contributed by atoms with van der Waals surface area (Å²) >= 11 is 1.44. The minimum Gasteiger partial charge on any atom is -0.369 e. The Morgan fingerprint density at radius 1 is 1.20 bits per heavy atom. The minimum absolute atomic E-state index is 0.0491. The summed E-state index contributed by atoms with van der Waals surface area (Å²) in [5, 5.41) is 1.90. The van der Waals surface area contributed by atoms with Gasteiger partial charge in [0, 0.05) is 26.2 Å². The maximum absolute atomic E-state index is 12.5. The fourth-order valence-electron chi connectivity index (χ4n) is 3.60. The SMILES string of the molecule is NC(=O)[C@H]1CCC[NH+](CC(=O)N2CCN(C(=O)c3cccs3)CC2)C1. The average molecular weight is 365 g/mol. The van der Waals surface area contributed by atoms with Gasteiger partial charge in [-0.1, -0.05) is 6.07 Å². The number of quaternary nitrogens is 1. The van der Waals surface area contributed by atoms with Crippen LogP contribution in [0, 0.1) is 5.92 Å². The number of nitrogens with one attached hydrogen (secondary N) is 1. The topological polar surface area (TPSA) is 88.1 Å². The first kappa shape index (κ1) is 17.9. The Morgan fingerprint density at radius 3 is 2.56 bits per heavy atom. The van der Waals surface area contributed by atoms with E-state index >= 15 is 0 Å². The lowest BCUT2D eigenvalue weighted by molar-refractivity contribution is -0.899. The molecule has 2 fully saturated rings. The number of thiophene rings is 1. The maximum Gasteiger partial charge on any atom is 0.277 e. The highest BCUT2D eigenvalue weighted by Gasteiger charge is 2.31. The molecule has 3 heterocycles. The third kappa shape index (κ3) is 4.38. The van der Waals surface area contributed by atoms with Crippen molar-refractivity contribution >= 4 is 29.1 Å². The number of piperazine rings is 1. The van der Waals surface area contributed by atoms with E-state index in [0.717, 1.165) is 29.2 Å². The van der Waals surface area contributed by atoms with Gasteiger partial charge in [-0.05, 0) is 24.3 Å². The highest BCUT2D eigenvalue weighted by atomic mass is 32.1. The molecule has 8 heteroatoms. The molecule has 7 nitrogen and oxygen atoms in total. The van der Waals surface area contributed by atoms with Crippen LogP contribution in [0.15, 0.2) is 17.5 Å². The van der Waals surface area contributed by atoms with Gasteiger partial charge in [0.15, 0.2) is 6.54 Å². The molecule has 2 atom stereocenters. The van der Waals surface area contributed by atoms with Crippen LogP contribution in [-0.2, 0) is 9.59 Å². The number of nitrogens with zero attached hydrogens (tertiary/aromatic N) is 2. The number of amides is 3. The van der Waals surface area contributed by atoms with Gasteiger partial charge < -0.3 is 20.4 Å². The van der Waals surface area contributed by atoms with E-state index < -0.39 is 0 Å². The molecule has 1 aromatic heterocycles. The fraction of sp³-hybridized carbons (Fsp3) is 0.588. The van der Waals surface area contributed by atoms with Gasteiger partial charge in [0.25, 0.3) is 11.8 Å². The first-order chi connectivity index (χ1) is 12.0. The Labute approximate surface area is 151 Å². The number of piperidine rings is 1. The van der Waals surface area contributed by atoms with Crippen LogP contribution in [0.5, 0.6) is 0 Å². The van der Waals surface area contributed by atoms with E-state index in [0.29, 0.717) is 39.3 Å². The predicted octanol–water partition coefficient (Wildman–Crippen LogP) is -1.19. The van der Waals surface area contributed by atoms with Crippen LogP contribution in [-0.4, -0.2) is 73.3 Å². The summed E-state index contributed by atoms with van der Waals surface area (Å²) in [4.78, 5) is 41.8. The third-order valence-electron chi connectivity index (χ3n) is 5.07. The molecule has 0 aromatic carbocycles. The Kier molecular flexibility index (Phi) is 5.70. The first-order valence-electron chi connectivity index (χ1n) is 8.78. The lowest BCUT2D eigenvalue weighted by Crippen LogP contribution is -3.15. The number of hydrogen-bond acceptors (Lipinski definition) is 4. The molecule has 25 heavy (non-hydrogen) atoms. The zero-order valence-corrected chi connectivity index (χ0v) is 15.1. The number of rotatable bonds is 4. The van der Waals surface area contributed by atoms with Crippen molar-refractivity contribution in [3.63, 3.8) is 0 Å². The molecule has 0 spiro atoms. The second kappa shape index (κ2) is 7.97. The lowest BCUT2D eigenvalue weighted by Gasteiger charge is -2.35. The highest BCUT2D eigenvalue weighted by molar-refractivity contribution is 7.12. The van der Waals surface area contributed by atoms with E-state index in [1.165, 1.54) is 11.3 Å². The van der Waals surface area contributed by atoms with Crippen LogP contribution in [0.3, 0.4) is 0 Å². The van der Waals surface area contributed by atoms with Gasteiger partial charge in [0.05, 0.1) is 23.9 Å². The van der Waals surface area contributed by atoms with Crippen LogP contribution >= 0.6 is 11.3 Å². The normalized spacial score (nSPS) is 24.2. The van der Waals surface area contributed by atoms with Gasteiger partial charge in [-0.25, -0.2) is 0 Å². The molecule has 2 aliphatic heterocycles. The highest BCUT2D eigenvalue weighted by Crippen LogP contribution is 2.14. The number of carbonyl (C=O) groups is 3. The molecule has 0 bridgehead atoms. The zero-order chi connectivity index (χ0) is 17.8. The molecule has 2 saturated heterocycles. The van der Waals surface area contributed by atoms with Crippen LogP contribution in [0.2, 0.25) is 0 Å². The molecular formula is C17H25N4O3S+. The second-order valence-corrected chi connectivity index (χ2v) is 7.72. The van der Waals surface area contributed by atoms with Crippen LogP contribution in [0.4, 0.5) is 0 Å². The van der Waals surface area contributed by atoms with Crippen LogP contribution in [0.25, 0.3) is 0 Å². The zero-order valence-electron chi connectivity index (χ0n) is 14.3. The molecule has 1 unspecified atom stereocenters. The summed E-state index contributed by atoms with van der Waals surface area (Å²) in [6, 6.07) is 3.71. The number of likely N-dealkylation sites (tertiary alicyclic amines) is 1. The van der Waals surface area contributed by atoms with Crippen molar-refractivity contribution in [1.82, 2.24) is 9.80 Å². The quantitative estimate of drug-likeness (QED) is 0.704. The summed E-state index contributed by atoms with van der Waals surface area (Å²) < 4.78 is 0. The van der Waals surface area contributed by atoms with Crippen LogP contribution < -0.4 is 10.6 Å². The molecule has 136 valence electrons. The van der Waals surface area contributed by atoms with Gasteiger partial charge in [0.1, 0.15) is 0 Å². The molecule has 3 rings (SSSR count). The van der Waals surface area contributed by atoms with Gasteiger partial charge in [-0.2, -0.15) is 0 Å². The first-order valence-corrected chi connectivity index (χ1v) is 9.66. The van der Waals surface area contributed by atoms with Crippen molar-refractivity contribution in [3.8, 4) is 0 Å². The molecule has 3 N–H and O–H groups in total. The molecule has 0 radical (unpaired) electrons. The van der Waals surface area contributed by atoms with Gasteiger partial charge in [-0.15, -0.1) is 11.3 Å². The van der Waals surface area contributed by atoms with Gasteiger partial charge in [-0.3, -0.25) is 14.4 Å². The Bertz CT molecular complexity index is 626. The van der Waals surface area contributed by atoms with Crippen molar-refractivity contribution in [1.29, 1.82) is 0 Å². The lowest BCUT2D eigenvalue weighted by atomic mass is 9.97. The Morgan fingerprint density at radius 2 is 1.92 bits per heavy atom. The summed E-state index contributed by atoms with van der Waals surface area (Å²) in [5.41, 5.74) is 5.40. The van der Waals surface area contributed by atoms with Crippen molar-refractivity contribution in [2.24, 2.45) is 11.7 Å². The number of carbonyl (C=O) groups excluding carboxylic acids is 3. The summed E-state index contributed by atoms with van der Waals surface area (Å²) in [5.74, 6) is -0.224. The molecule has 2 aliphatic rings. The van der Waals surface area contributed by atoms with E-state index in [4.69, 9.17) is 5.73 Å². The Hall–Kier alpha value is -1.93. The summed E-state index contributed by atoms with van der Waals surface area (Å²) in [6.45, 7) is 4.25. The maximum atomic E-state index is 12.5. The smallest absolute Gasteiger partial charge is 0.277 e. The van der Waals surface area contributed by atoms with Crippen molar-refractivity contribution in [3.05, 3.63) is 22.4 Å². The van der Waals surface area contributed by atoms with Crippen molar-refractivity contribution in [2.75, 3.05) is 45.8 Å². The van der Waals surface area contributed by atoms with E-state index in [2.05, 4.69) is 0 Å². The fourth-order valence-corrected chi connectivity index (χ4v) is 4.29. The largest absolute Gasteiger partial charge is 0.369 e. The molecule has 0 aliphatic carbocycles. The van der Waals surface area contributed by atoms with Crippen molar-refractivity contribution in [2.45, 2.75) is 12.8 Å². The van der Waals surface area contributed by atoms with E-state index in [1.807, 2.05) is 27.3 Å². The van der Waals surface area contributed by atoms with E-state index in [9.17, 15) is 14.4 Å². The summed E-state index contributed by atoms with van der Waals surface area (Å²) in [6.07, 6.45) is 1.76. The molecule has 3 amide bonds. The molecular weight excluding hydrogens is 340 g/mol. The van der Waals surface area contributed by atoms with E-state index in [-0.39, 0.29) is 23.6 Å². The minimum atomic E-state index is -0.259. The molecule has 0 saturated carbocycles. The number of primary amides is 1.